The molecular weight excluding hydrogens is 514 g/mol. The number of carbonyl (C=O) groups excluding carboxylic acids is 1. The second-order valence-corrected chi connectivity index (χ2v) is 12.9. The number of carbonyl (C=O) groups is 1. The van der Waals surface area contributed by atoms with Gasteiger partial charge < -0.3 is 24.6 Å². The van der Waals surface area contributed by atoms with E-state index in [4.69, 9.17) is 9.47 Å². The van der Waals surface area contributed by atoms with E-state index in [1.807, 2.05) is 12.1 Å². The van der Waals surface area contributed by atoms with Crippen molar-refractivity contribution in [1.29, 1.82) is 0 Å². The summed E-state index contributed by atoms with van der Waals surface area (Å²) in [4.78, 5) is 15.1. The molecule has 41 heavy (non-hydrogen) atoms. The number of allylic oxidation sites excluding steroid dienone is 2. The quantitative estimate of drug-likeness (QED) is 0.125. The van der Waals surface area contributed by atoms with Crippen molar-refractivity contribution in [3.63, 3.8) is 0 Å². The maximum atomic E-state index is 12.9. The van der Waals surface area contributed by atoms with Crippen LogP contribution in [0.4, 0.5) is 0 Å². The maximum Gasteiger partial charge on any atom is 0.310 e. The monoisotopic (exact) mass is 565 g/mol. The lowest BCUT2D eigenvalue weighted by atomic mass is 9.50. The summed E-state index contributed by atoms with van der Waals surface area (Å²) in [6.07, 6.45) is 24.0. The fourth-order valence-electron chi connectivity index (χ4n) is 7.96. The summed E-state index contributed by atoms with van der Waals surface area (Å²) in [6.45, 7) is 3.08. The number of phenols is 1. The van der Waals surface area contributed by atoms with Crippen LogP contribution >= 0.6 is 0 Å². The van der Waals surface area contributed by atoms with Gasteiger partial charge in [0.15, 0.2) is 17.6 Å². The van der Waals surface area contributed by atoms with E-state index < -0.39 is 17.1 Å². The molecule has 1 aromatic carbocycles. The van der Waals surface area contributed by atoms with E-state index in [1.165, 1.54) is 57.8 Å². The van der Waals surface area contributed by atoms with Gasteiger partial charge in [-0.3, -0.25) is 4.79 Å². The number of rotatable bonds is 16. The molecule has 2 N–H and O–H groups in total. The zero-order chi connectivity index (χ0) is 28.9. The molecule has 1 aromatic rings. The molecule has 6 nitrogen and oxygen atoms in total. The van der Waals surface area contributed by atoms with Gasteiger partial charge in [0.2, 0.25) is 0 Å². The highest BCUT2D eigenvalue weighted by Crippen LogP contribution is 2.65. The predicted octanol–water partition coefficient (Wildman–Crippen LogP) is 7.25. The van der Waals surface area contributed by atoms with Crippen LogP contribution in [-0.2, 0) is 21.4 Å². The molecule has 2 aliphatic heterocycles. The topological polar surface area (TPSA) is 79.2 Å². The number of hydrogen-bond donors (Lipinski definition) is 2. The summed E-state index contributed by atoms with van der Waals surface area (Å²) in [5.74, 6) is 0.806. The van der Waals surface area contributed by atoms with Crippen LogP contribution in [0, 0.1) is 0 Å². The van der Waals surface area contributed by atoms with Gasteiger partial charge in [-0.1, -0.05) is 76.5 Å². The normalized spacial score (nSPS) is 27.9. The molecule has 1 saturated heterocycles. The molecule has 1 fully saturated rings. The summed E-state index contributed by atoms with van der Waals surface area (Å²) >= 11 is 0. The van der Waals surface area contributed by atoms with Gasteiger partial charge in [-0.15, -0.1) is 0 Å². The van der Waals surface area contributed by atoms with Crippen LogP contribution in [0.1, 0.15) is 121 Å². The smallest absolute Gasteiger partial charge is 0.310 e. The largest absolute Gasteiger partial charge is 0.504 e. The number of aromatic hydroxyl groups is 1. The molecule has 2 heterocycles. The number of nitrogens with zero attached hydrogens (tertiary/aromatic N) is 1. The van der Waals surface area contributed by atoms with Gasteiger partial charge >= 0.3 is 5.97 Å². The van der Waals surface area contributed by atoms with Crippen LogP contribution in [0.5, 0.6) is 11.5 Å². The highest BCUT2D eigenvalue weighted by atomic mass is 16.6. The molecule has 6 heteroatoms. The molecule has 5 rings (SSSR count). The first-order valence-electron chi connectivity index (χ1n) is 16.4. The average Bonchev–Trinajstić information content (AvgIpc) is 3.32. The van der Waals surface area contributed by atoms with Gasteiger partial charge in [-0.05, 0) is 76.2 Å². The van der Waals surface area contributed by atoms with E-state index in [0.29, 0.717) is 37.2 Å². The summed E-state index contributed by atoms with van der Waals surface area (Å²) in [7, 11) is 2.07. The van der Waals surface area contributed by atoms with Crippen molar-refractivity contribution >= 4 is 5.97 Å². The van der Waals surface area contributed by atoms with E-state index >= 15 is 0 Å². The number of phenolic OH excluding ortho intramolecular Hbond substituents is 1. The fraction of sp³-hybridized carbons (Fsp3) is 0.686. The molecule has 2 aliphatic carbocycles. The SMILES string of the molecule is CCCCCCCC/C=C\CCCCCCCC(=O)OC1=CC[C@@]2(O)[C@H]3Cc4ccc(O)c5c4C2(CCN3C)C1O5. The minimum atomic E-state index is -1.03. The van der Waals surface area contributed by atoms with Crippen LogP contribution in [-0.4, -0.2) is 52.4 Å². The minimum absolute atomic E-state index is 0.0466. The van der Waals surface area contributed by atoms with Crippen LogP contribution < -0.4 is 4.74 Å². The summed E-state index contributed by atoms with van der Waals surface area (Å²) in [5, 5.41) is 22.8. The first-order valence-corrected chi connectivity index (χ1v) is 16.4. The van der Waals surface area contributed by atoms with Crippen molar-refractivity contribution in [2.24, 2.45) is 0 Å². The third kappa shape index (κ3) is 5.84. The average molecular weight is 566 g/mol. The molecule has 0 saturated carbocycles. The van der Waals surface area contributed by atoms with Gasteiger partial charge in [0.25, 0.3) is 0 Å². The van der Waals surface area contributed by atoms with Gasteiger partial charge in [-0.2, -0.15) is 0 Å². The molecule has 226 valence electrons. The zero-order valence-electron chi connectivity index (χ0n) is 25.3. The van der Waals surface area contributed by atoms with Crippen LogP contribution in [0.15, 0.2) is 36.1 Å². The Kier molecular flexibility index (Phi) is 9.81. The third-order valence-corrected chi connectivity index (χ3v) is 10.2. The number of unbranched alkanes of at least 4 members (excludes halogenated alkanes) is 11. The second-order valence-electron chi connectivity index (χ2n) is 12.9. The van der Waals surface area contributed by atoms with Gasteiger partial charge in [-0.25, -0.2) is 0 Å². The fourth-order valence-corrected chi connectivity index (χ4v) is 7.96. The number of benzene rings is 1. The lowest BCUT2D eigenvalue weighted by Gasteiger charge is -2.61. The molecule has 4 aliphatic rings. The molecule has 0 aromatic heterocycles. The van der Waals surface area contributed by atoms with E-state index in [2.05, 4.69) is 31.0 Å². The number of ether oxygens (including phenoxy) is 2. The lowest BCUT2D eigenvalue weighted by molar-refractivity contribution is -0.169. The summed E-state index contributed by atoms with van der Waals surface area (Å²) in [6, 6.07) is 3.60. The zero-order valence-corrected chi connectivity index (χ0v) is 25.3. The number of piperidine rings is 1. The van der Waals surface area contributed by atoms with Crippen molar-refractivity contribution in [3.05, 3.63) is 47.2 Å². The molecule has 1 spiro atoms. The van der Waals surface area contributed by atoms with Crippen molar-refractivity contribution in [2.45, 2.75) is 139 Å². The molecule has 2 unspecified atom stereocenters. The molecule has 0 amide bonds. The number of hydrogen-bond acceptors (Lipinski definition) is 6. The second kappa shape index (κ2) is 13.3. The number of likely N-dealkylation sites (N-methyl/N-ethyl adjacent to an activating group) is 1. The number of likely N-dealkylation sites (tertiary alicyclic amines) is 1. The van der Waals surface area contributed by atoms with E-state index in [0.717, 1.165) is 43.4 Å². The maximum absolute atomic E-state index is 12.9. The Morgan fingerprint density at radius 3 is 2.46 bits per heavy atom. The number of aliphatic hydroxyl groups is 1. The van der Waals surface area contributed by atoms with Crippen molar-refractivity contribution in [2.75, 3.05) is 13.6 Å². The molecule has 0 radical (unpaired) electrons. The molecule has 2 bridgehead atoms. The molecule has 4 atom stereocenters. The van der Waals surface area contributed by atoms with Gasteiger partial charge in [0.05, 0.1) is 11.0 Å². The highest BCUT2D eigenvalue weighted by Gasteiger charge is 2.72. The van der Waals surface area contributed by atoms with Crippen LogP contribution in [0.25, 0.3) is 0 Å². The standard InChI is InChI=1S/C35H51NO5/c1-3-4-5-6-7-8-9-10-11-12-13-14-15-16-17-18-30(38)40-28-21-22-35(39)29-25-26-19-20-27(37)32-31(26)34(35,33(28)41-32)23-24-36(29)2/h10-11,19-21,29,33,37,39H,3-9,12-18,22-25H2,1-2H3/b11-10-/t29-,33?,34?,35-/m1/s1. The highest BCUT2D eigenvalue weighted by molar-refractivity contribution is 5.71. The van der Waals surface area contributed by atoms with E-state index in [-0.39, 0.29) is 17.8 Å². The number of esters is 1. The van der Waals surface area contributed by atoms with Crippen LogP contribution in [0.3, 0.4) is 0 Å². The molecular formula is C35H51NO5. The predicted molar refractivity (Wildman–Crippen MR) is 162 cm³/mol. The Morgan fingerprint density at radius 2 is 1.73 bits per heavy atom. The van der Waals surface area contributed by atoms with Crippen molar-refractivity contribution in [3.8, 4) is 11.5 Å². The minimum Gasteiger partial charge on any atom is -0.504 e. The first-order chi connectivity index (χ1) is 19.9. The first kappa shape index (κ1) is 30.2. The Morgan fingerprint density at radius 1 is 1.05 bits per heavy atom. The Balaban J connectivity index is 1.06. The lowest BCUT2D eigenvalue weighted by Crippen LogP contribution is -2.74. The van der Waals surface area contributed by atoms with Gasteiger partial charge in [0, 0.05) is 24.4 Å². The Bertz CT molecular complexity index is 1130. The van der Waals surface area contributed by atoms with E-state index in [9.17, 15) is 15.0 Å². The third-order valence-electron chi connectivity index (χ3n) is 10.2. The van der Waals surface area contributed by atoms with Crippen molar-refractivity contribution in [1.82, 2.24) is 4.90 Å². The summed E-state index contributed by atoms with van der Waals surface area (Å²) < 4.78 is 12.3. The summed E-state index contributed by atoms with van der Waals surface area (Å²) in [5.41, 5.74) is 0.297. The van der Waals surface area contributed by atoms with Crippen molar-refractivity contribution < 1.29 is 24.5 Å². The Hall–Kier alpha value is -2.31. The Labute approximate surface area is 246 Å². The van der Waals surface area contributed by atoms with E-state index in [1.54, 1.807) is 6.07 Å². The van der Waals surface area contributed by atoms with Gasteiger partial charge in [0.1, 0.15) is 5.76 Å². The van der Waals surface area contributed by atoms with Crippen LogP contribution in [0.2, 0.25) is 0 Å².